The van der Waals surface area contributed by atoms with Crippen molar-refractivity contribution >= 4 is 7.25 Å². The van der Waals surface area contributed by atoms with Crippen molar-refractivity contribution in [3.8, 4) is 39.5 Å². The van der Waals surface area contributed by atoms with Gasteiger partial charge in [-0.2, -0.15) is 0 Å². The van der Waals surface area contributed by atoms with Crippen molar-refractivity contribution in [3.63, 3.8) is 0 Å². The molecule has 1 heterocycles. The summed E-state index contributed by atoms with van der Waals surface area (Å²) in [6, 6.07) is 43.0. The third-order valence-electron chi connectivity index (χ3n) is 5.35. The largest absolute Gasteiger partial charge is 0.673 e. The molecule has 0 aliphatic heterocycles. The van der Waals surface area contributed by atoms with Crippen LogP contribution in [0.1, 0.15) is 5.56 Å². The monoisotopic (exact) mass is 502 g/mol. The zero-order valence-electron chi connectivity index (χ0n) is 19.7. The third kappa shape index (κ3) is 7.80. The summed E-state index contributed by atoms with van der Waals surface area (Å²) in [5, 5.41) is 0. The van der Waals surface area contributed by atoms with Crippen molar-refractivity contribution in [2.45, 2.75) is 6.61 Å². The Morgan fingerprint density at radius 3 is 1.65 bits per heavy atom. The molecule has 7 heteroatoms. The first-order valence-electron chi connectivity index (χ1n) is 11.6. The summed E-state index contributed by atoms with van der Waals surface area (Å²) in [4.78, 5) is 0. The van der Waals surface area contributed by atoms with Crippen LogP contribution in [0.5, 0.6) is 5.75 Å². The second-order valence-electron chi connectivity index (χ2n) is 8.07. The maximum Gasteiger partial charge on any atom is 0.673 e. The molecule has 0 N–H and O–H groups in total. The van der Waals surface area contributed by atoms with Crippen molar-refractivity contribution in [2.75, 3.05) is 0 Å². The molecule has 186 valence electrons. The van der Waals surface area contributed by atoms with Crippen LogP contribution in [0, 0.1) is 0 Å². The molecule has 0 unspecified atom stereocenters. The molecule has 0 bridgehead atoms. The summed E-state index contributed by atoms with van der Waals surface area (Å²) >= 11 is 0. The second kappa shape index (κ2) is 12.0. The SMILES string of the molecule is F[B-](F)(F)F.c1ccc(COc2ccccc2-c2cc(-c3ccccc3)cc(-c3ccccc3)[o+]2)cc1. The Hall–Kier alpha value is -4.39. The highest BCUT2D eigenvalue weighted by Gasteiger charge is 2.23. The molecule has 0 fully saturated rings. The van der Waals surface area contributed by atoms with Gasteiger partial charge in [-0.25, -0.2) is 4.42 Å². The van der Waals surface area contributed by atoms with Gasteiger partial charge in [0.2, 0.25) is 0 Å². The fraction of sp³-hybridized carbons (Fsp3) is 0.0333. The lowest BCUT2D eigenvalue weighted by atomic mass is 10.0. The molecular formula is C30H23BF4O2. The number of para-hydroxylation sites is 1. The van der Waals surface area contributed by atoms with E-state index in [1.54, 1.807) is 0 Å². The van der Waals surface area contributed by atoms with E-state index in [0.29, 0.717) is 6.61 Å². The Morgan fingerprint density at radius 2 is 1.03 bits per heavy atom. The molecule has 5 rings (SSSR count). The van der Waals surface area contributed by atoms with Crippen molar-refractivity contribution in [1.82, 2.24) is 0 Å². The lowest BCUT2D eigenvalue weighted by Crippen LogP contribution is -2.02. The van der Waals surface area contributed by atoms with Gasteiger partial charge < -0.3 is 22.0 Å². The Balaban J connectivity index is 0.000000586. The first-order valence-corrected chi connectivity index (χ1v) is 11.6. The molecular weight excluding hydrogens is 479 g/mol. The topological polar surface area (TPSA) is 20.5 Å². The van der Waals surface area contributed by atoms with E-state index < -0.39 is 7.25 Å². The highest BCUT2D eigenvalue weighted by molar-refractivity contribution is 6.50. The van der Waals surface area contributed by atoms with Crippen LogP contribution in [0.3, 0.4) is 0 Å². The van der Waals surface area contributed by atoms with Crippen LogP contribution in [0.25, 0.3) is 33.8 Å². The smallest absolute Gasteiger partial charge is 0.488 e. The Labute approximate surface area is 212 Å². The molecule has 4 aromatic carbocycles. The summed E-state index contributed by atoms with van der Waals surface area (Å²) in [6.07, 6.45) is 0. The van der Waals surface area contributed by atoms with Crippen molar-refractivity contribution in [2.24, 2.45) is 0 Å². The van der Waals surface area contributed by atoms with Gasteiger partial charge in [-0.15, -0.1) is 0 Å². The standard InChI is InChI=1S/C30H23O2.BF4/c1-4-12-23(13-5-1)22-31-28-19-11-10-18-27(28)30-21-26(24-14-6-2-7-15-24)20-29(32-30)25-16-8-3-9-17-25;2-1(3,4)5/h1-21H,22H2;/q+1;-1. The number of hydrogen-bond donors (Lipinski definition) is 0. The number of hydrogen-bond acceptors (Lipinski definition) is 1. The normalized spacial score (nSPS) is 10.8. The maximum atomic E-state index is 9.75. The minimum absolute atomic E-state index is 0.502. The van der Waals surface area contributed by atoms with Crippen LogP contribution < -0.4 is 4.74 Å². The van der Waals surface area contributed by atoms with Crippen LogP contribution in [0.4, 0.5) is 17.3 Å². The van der Waals surface area contributed by atoms with Gasteiger partial charge in [0.25, 0.3) is 0 Å². The van der Waals surface area contributed by atoms with Crippen molar-refractivity contribution in [3.05, 3.63) is 133 Å². The molecule has 0 radical (unpaired) electrons. The molecule has 0 aliphatic carbocycles. The van der Waals surface area contributed by atoms with Crippen LogP contribution in [-0.4, -0.2) is 7.25 Å². The molecule has 37 heavy (non-hydrogen) atoms. The lowest BCUT2D eigenvalue weighted by Gasteiger charge is -2.09. The quantitative estimate of drug-likeness (QED) is 0.131. The van der Waals surface area contributed by atoms with Gasteiger partial charge in [0.15, 0.2) is 0 Å². The van der Waals surface area contributed by atoms with E-state index in [0.717, 1.165) is 45.1 Å². The van der Waals surface area contributed by atoms with Gasteiger partial charge in [0.1, 0.15) is 17.9 Å². The predicted octanol–water partition coefficient (Wildman–Crippen LogP) is 9.44. The zero-order chi connectivity index (χ0) is 26.1. The summed E-state index contributed by atoms with van der Waals surface area (Å²) in [7, 11) is -6.00. The number of halogens is 4. The van der Waals surface area contributed by atoms with Gasteiger partial charge in [-0.3, -0.25) is 0 Å². The van der Waals surface area contributed by atoms with Gasteiger partial charge >= 0.3 is 18.8 Å². The zero-order valence-corrected chi connectivity index (χ0v) is 19.7. The van der Waals surface area contributed by atoms with E-state index in [4.69, 9.17) is 9.15 Å². The molecule has 0 saturated heterocycles. The van der Waals surface area contributed by atoms with E-state index in [-0.39, 0.29) is 0 Å². The van der Waals surface area contributed by atoms with Crippen LogP contribution in [0.2, 0.25) is 0 Å². The van der Waals surface area contributed by atoms with Gasteiger partial charge in [0.05, 0.1) is 17.7 Å². The first kappa shape index (κ1) is 25.7. The summed E-state index contributed by atoms with van der Waals surface area (Å²) in [6.45, 7) is 0.502. The van der Waals surface area contributed by atoms with Crippen molar-refractivity contribution < 1.29 is 26.4 Å². The lowest BCUT2D eigenvalue weighted by molar-refractivity contribution is 0.307. The predicted molar refractivity (Wildman–Crippen MR) is 140 cm³/mol. The Kier molecular flexibility index (Phi) is 8.36. The summed E-state index contributed by atoms with van der Waals surface area (Å²) in [5.74, 6) is 2.39. The molecule has 1 aromatic heterocycles. The Morgan fingerprint density at radius 1 is 0.541 bits per heavy atom. The van der Waals surface area contributed by atoms with E-state index in [2.05, 4.69) is 60.7 Å². The maximum absolute atomic E-state index is 9.75. The molecule has 5 aromatic rings. The number of ether oxygens (including phenoxy) is 1. The Bertz CT molecular complexity index is 1350. The second-order valence-corrected chi connectivity index (χ2v) is 8.07. The number of rotatable bonds is 6. The molecule has 0 amide bonds. The minimum atomic E-state index is -6.00. The van der Waals surface area contributed by atoms with Crippen LogP contribution >= 0.6 is 0 Å². The van der Waals surface area contributed by atoms with E-state index in [1.807, 2.05) is 66.7 Å². The first-order chi connectivity index (χ1) is 17.9. The van der Waals surface area contributed by atoms with Gasteiger partial charge in [-0.1, -0.05) is 91.0 Å². The van der Waals surface area contributed by atoms with Crippen LogP contribution in [-0.2, 0) is 6.61 Å². The fourth-order valence-electron chi connectivity index (χ4n) is 3.71. The third-order valence-corrected chi connectivity index (χ3v) is 5.35. The average molecular weight is 502 g/mol. The minimum Gasteiger partial charge on any atom is -0.488 e. The molecule has 0 aliphatic rings. The van der Waals surface area contributed by atoms with Gasteiger partial charge in [0, 0.05) is 5.56 Å². The van der Waals surface area contributed by atoms with Crippen LogP contribution in [0.15, 0.2) is 132 Å². The fourth-order valence-corrected chi connectivity index (χ4v) is 3.71. The molecule has 0 spiro atoms. The van der Waals surface area contributed by atoms with E-state index in [1.165, 1.54) is 0 Å². The highest BCUT2D eigenvalue weighted by Crippen LogP contribution is 2.36. The number of benzene rings is 4. The van der Waals surface area contributed by atoms with E-state index >= 15 is 0 Å². The molecule has 0 saturated carbocycles. The highest BCUT2D eigenvalue weighted by atomic mass is 19.5. The molecule has 2 nitrogen and oxygen atoms in total. The van der Waals surface area contributed by atoms with E-state index in [9.17, 15) is 17.3 Å². The van der Waals surface area contributed by atoms with Crippen molar-refractivity contribution in [1.29, 1.82) is 0 Å². The molecule has 0 atom stereocenters. The summed E-state index contributed by atoms with van der Waals surface area (Å²) in [5.41, 5.74) is 5.34. The summed E-state index contributed by atoms with van der Waals surface area (Å²) < 4.78 is 51.6. The average Bonchev–Trinajstić information content (AvgIpc) is 2.92. The van der Waals surface area contributed by atoms with Gasteiger partial charge in [-0.05, 0) is 35.4 Å².